The second kappa shape index (κ2) is 9.52. The number of para-hydroxylation sites is 2. The van der Waals surface area contributed by atoms with Gasteiger partial charge in [-0.2, -0.15) is 0 Å². The minimum absolute atomic E-state index is 0.0859. The monoisotopic (exact) mass is 411 g/mol. The Morgan fingerprint density at radius 1 is 1.14 bits per heavy atom. The lowest BCUT2D eigenvalue weighted by Gasteiger charge is -2.17. The summed E-state index contributed by atoms with van der Waals surface area (Å²) in [5.41, 5.74) is 2.94. The topological polar surface area (TPSA) is 57.8 Å². The molecule has 2 N–H and O–H groups in total. The molecular formula is C22H25N3OS2. The molecule has 2 aromatic carbocycles. The molecule has 2 atom stereocenters. The van der Waals surface area contributed by atoms with E-state index >= 15 is 0 Å². The largest absolute Gasteiger partial charge is 0.342 e. The molecule has 3 aromatic rings. The number of carbonyl (C=O) groups excluding carboxylic acids is 1. The fourth-order valence-electron chi connectivity index (χ4n) is 3.52. The fraction of sp³-hybridized carbons (Fsp3) is 0.364. The quantitative estimate of drug-likeness (QED) is 0.380. The normalized spacial score (nSPS) is 17.6. The lowest BCUT2D eigenvalue weighted by Crippen LogP contribution is -2.29. The van der Waals surface area contributed by atoms with E-state index in [2.05, 4.69) is 10.3 Å². The number of fused-ring (bicyclic) bond motifs is 1. The van der Waals surface area contributed by atoms with E-state index in [1.165, 1.54) is 18.6 Å². The van der Waals surface area contributed by atoms with E-state index < -0.39 is 0 Å². The van der Waals surface area contributed by atoms with Crippen molar-refractivity contribution < 1.29 is 4.79 Å². The van der Waals surface area contributed by atoms with Gasteiger partial charge < -0.3 is 10.3 Å². The predicted molar refractivity (Wildman–Crippen MR) is 119 cm³/mol. The third-order valence-electron chi connectivity index (χ3n) is 5.03. The molecule has 0 saturated carbocycles. The highest BCUT2D eigenvalue weighted by Crippen LogP contribution is 2.39. The number of benzene rings is 2. The summed E-state index contributed by atoms with van der Waals surface area (Å²) < 4.78 is 0. The number of aromatic nitrogens is 2. The van der Waals surface area contributed by atoms with Gasteiger partial charge in [0.25, 0.3) is 0 Å². The van der Waals surface area contributed by atoms with Crippen molar-refractivity contribution in [3.63, 3.8) is 0 Å². The maximum absolute atomic E-state index is 12.6. The van der Waals surface area contributed by atoms with E-state index in [0.717, 1.165) is 40.5 Å². The van der Waals surface area contributed by atoms with Gasteiger partial charge in [-0.05, 0) is 37.0 Å². The fourth-order valence-corrected chi connectivity index (χ4v) is 6.55. The Morgan fingerprint density at radius 2 is 1.96 bits per heavy atom. The van der Waals surface area contributed by atoms with Crippen molar-refractivity contribution in [3.05, 3.63) is 66.0 Å². The van der Waals surface area contributed by atoms with Gasteiger partial charge in [-0.1, -0.05) is 70.5 Å². The molecule has 0 spiro atoms. The minimum Gasteiger partial charge on any atom is -0.342 e. The van der Waals surface area contributed by atoms with Crippen LogP contribution in [0.3, 0.4) is 0 Å². The summed E-state index contributed by atoms with van der Waals surface area (Å²) in [6.45, 7) is 0. The van der Waals surface area contributed by atoms with E-state index in [1.54, 1.807) is 0 Å². The third-order valence-corrected chi connectivity index (χ3v) is 8.03. The van der Waals surface area contributed by atoms with E-state index in [9.17, 15) is 4.79 Å². The number of hydrogen-bond donors (Lipinski definition) is 2. The van der Waals surface area contributed by atoms with Crippen molar-refractivity contribution in [2.45, 2.75) is 43.4 Å². The average molecular weight is 412 g/mol. The van der Waals surface area contributed by atoms with Crippen molar-refractivity contribution in [1.82, 2.24) is 15.3 Å². The average Bonchev–Trinajstić information content (AvgIpc) is 3.39. The molecule has 1 aliphatic rings. The molecule has 146 valence electrons. The lowest BCUT2D eigenvalue weighted by atomic mass is 10.1. The molecule has 1 fully saturated rings. The van der Waals surface area contributed by atoms with Crippen molar-refractivity contribution in [2.75, 3.05) is 5.75 Å². The van der Waals surface area contributed by atoms with Crippen LogP contribution in [0.4, 0.5) is 0 Å². The first kappa shape index (κ1) is 19.4. The number of H-pyrrole nitrogens is 1. The highest BCUT2D eigenvalue weighted by atomic mass is 33.1. The van der Waals surface area contributed by atoms with Crippen molar-refractivity contribution >= 4 is 38.5 Å². The van der Waals surface area contributed by atoms with Gasteiger partial charge in [0.15, 0.2) is 0 Å². The molecule has 4 rings (SSSR count). The molecule has 0 bridgehead atoms. The van der Waals surface area contributed by atoms with Crippen LogP contribution in [-0.2, 0) is 4.79 Å². The van der Waals surface area contributed by atoms with E-state index in [1.807, 2.05) is 76.2 Å². The highest BCUT2D eigenvalue weighted by Gasteiger charge is 2.20. The molecule has 1 aliphatic heterocycles. The summed E-state index contributed by atoms with van der Waals surface area (Å²) in [5, 5.41) is 3.98. The molecule has 6 heteroatoms. The molecule has 0 radical (unpaired) electrons. The van der Waals surface area contributed by atoms with Crippen LogP contribution in [0.2, 0.25) is 0 Å². The zero-order chi connectivity index (χ0) is 19.2. The number of carbonyl (C=O) groups is 1. The summed E-state index contributed by atoms with van der Waals surface area (Å²) in [6.07, 6.45) is 5.15. The van der Waals surface area contributed by atoms with Crippen LogP contribution < -0.4 is 5.32 Å². The molecule has 4 nitrogen and oxygen atoms in total. The number of unbranched alkanes of at least 4 members (excludes halogenated alkanes) is 1. The Balaban J connectivity index is 1.41. The molecule has 1 saturated heterocycles. The van der Waals surface area contributed by atoms with Gasteiger partial charge in [0.2, 0.25) is 5.91 Å². The number of aromatic amines is 1. The summed E-state index contributed by atoms with van der Waals surface area (Å²) in [6, 6.07) is 17.7. The first-order valence-electron chi connectivity index (χ1n) is 9.87. The first-order valence-corrected chi connectivity index (χ1v) is 12.2. The van der Waals surface area contributed by atoms with Crippen LogP contribution >= 0.6 is 21.6 Å². The maximum Gasteiger partial charge on any atom is 0.220 e. The summed E-state index contributed by atoms with van der Waals surface area (Å²) in [7, 11) is 3.99. The number of nitrogens with one attached hydrogen (secondary N) is 2. The molecule has 0 aliphatic carbocycles. The van der Waals surface area contributed by atoms with Gasteiger partial charge in [0.1, 0.15) is 11.9 Å². The molecular weight excluding hydrogens is 386 g/mol. The Bertz CT molecular complexity index is 873. The van der Waals surface area contributed by atoms with E-state index in [4.69, 9.17) is 4.98 Å². The van der Waals surface area contributed by atoms with Crippen molar-refractivity contribution in [1.29, 1.82) is 0 Å². The smallest absolute Gasteiger partial charge is 0.220 e. The minimum atomic E-state index is -0.261. The Kier molecular flexibility index (Phi) is 6.60. The predicted octanol–water partition coefficient (Wildman–Crippen LogP) is 5.48. The number of hydrogen-bond acceptors (Lipinski definition) is 4. The standard InChI is InChI=1S/C22H25N3OS2/c26-20(13-7-4-10-17-14-15-27-28-17)25-21(16-8-2-1-3-9-16)22-23-18-11-5-6-12-19(18)24-22/h1-3,5-6,8-9,11-12,17,21H,4,7,10,13-15H2,(H,23,24)(H,25,26)/t17-,21-/m0/s1. The van der Waals surface area contributed by atoms with Crippen LogP contribution in [0.5, 0.6) is 0 Å². The van der Waals surface area contributed by atoms with Crippen molar-refractivity contribution in [3.8, 4) is 0 Å². The Hall–Kier alpha value is -1.92. The van der Waals surface area contributed by atoms with Crippen LogP contribution in [0.15, 0.2) is 54.6 Å². The summed E-state index contributed by atoms with van der Waals surface area (Å²) >= 11 is 0. The van der Waals surface area contributed by atoms with Crippen LogP contribution in [0.1, 0.15) is 49.5 Å². The molecule has 1 amide bonds. The third kappa shape index (κ3) is 4.92. The Morgan fingerprint density at radius 3 is 2.75 bits per heavy atom. The van der Waals surface area contributed by atoms with Crippen LogP contribution in [0.25, 0.3) is 11.0 Å². The molecule has 1 aromatic heterocycles. The summed E-state index contributed by atoms with van der Waals surface area (Å²) in [5.74, 6) is 2.13. The number of nitrogens with zero attached hydrogens (tertiary/aromatic N) is 1. The highest BCUT2D eigenvalue weighted by molar-refractivity contribution is 8.77. The van der Waals surface area contributed by atoms with Gasteiger partial charge in [-0.3, -0.25) is 4.79 Å². The van der Waals surface area contributed by atoms with E-state index in [-0.39, 0.29) is 11.9 Å². The van der Waals surface area contributed by atoms with Gasteiger partial charge in [-0.15, -0.1) is 0 Å². The number of rotatable bonds is 8. The van der Waals surface area contributed by atoms with Crippen LogP contribution in [0, 0.1) is 0 Å². The second-order valence-electron chi connectivity index (χ2n) is 7.13. The van der Waals surface area contributed by atoms with Gasteiger partial charge in [-0.25, -0.2) is 4.98 Å². The molecule has 2 heterocycles. The van der Waals surface area contributed by atoms with Crippen LogP contribution in [-0.4, -0.2) is 26.9 Å². The van der Waals surface area contributed by atoms with Gasteiger partial charge in [0.05, 0.1) is 11.0 Å². The second-order valence-corrected chi connectivity index (χ2v) is 9.91. The van der Waals surface area contributed by atoms with Crippen molar-refractivity contribution in [2.24, 2.45) is 0 Å². The zero-order valence-electron chi connectivity index (χ0n) is 15.8. The van der Waals surface area contributed by atoms with E-state index in [0.29, 0.717) is 6.42 Å². The summed E-state index contributed by atoms with van der Waals surface area (Å²) in [4.78, 5) is 20.7. The zero-order valence-corrected chi connectivity index (χ0v) is 17.4. The van der Waals surface area contributed by atoms with Gasteiger partial charge >= 0.3 is 0 Å². The first-order chi connectivity index (χ1) is 13.8. The number of amides is 1. The lowest BCUT2D eigenvalue weighted by molar-refractivity contribution is -0.121. The number of imidazole rings is 1. The molecule has 0 unspecified atom stereocenters. The molecule has 28 heavy (non-hydrogen) atoms. The maximum atomic E-state index is 12.6. The Labute approximate surface area is 173 Å². The SMILES string of the molecule is O=C(CCCC[C@H]1CCSS1)N[C@@H](c1ccccc1)c1nc2ccccc2[nH]1. The van der Waals surface area contributed by atoms with Gasteiger partial charge in [0, 0.05) is 17.4 Å².